The number of rotatable bonds is 6. The number of hydrogen-bond donors (Lipinski definition) is 1. The van der Waals surface area contributed by atoms with Crippen LogP contribution in [-0.2, 0) is 14.8 Å². The van der Waals surface area contributed by atoms with Crippen LogP contribution in [0.25, 0.3) is 0 Å². The van der Waals surface area contributed by atoms with E-state index in [0.717, 1.165) is 6.42 Å². The fourth-order valence-corrected chi connectivity index (χ4v) is 5.30. The van der Waals surface area contributed by atoms with Gasteiger partial charge >= 0.3 is 5.97 Å². The van der Waals surface area contributed by atoms with Gasteiger partial charge in [0.2, 0.25) is 15.9 Å². The first kappa shape index (κ1) is 19.8. The van der Waals surface area contributed by atoms with E-state index < -0.39 is 16.0 Å². The number of sulfonamides is 1. The Morgan fingerprint density at radius 3 is 2.15 bits per heavy atom. The highest BCUT2D eigenvalue weighted by Gasteiger charge is 2.30. The Balaban J connectivity index is 1.54. The van der Waals surface area contributed by atoms with Gasteiger partial charge in [0, 0.05) is 32.6 Å². The molecule has 1 amide bonds. The van der Waals surface area contributed by atoms with Crippen LogP contribution in [0.3, 0.4) is 0 Å². The van der Waals surface area contributed by atoms with Gasteiger partial charge in [-0.3, -0.25) is 4.79 Å². The zero-order valence-electron chi connectivity index (χ0n) is 15.3. The molecule has 0 bridgehead atoms. The fraction of sp³-hybridized carbons (Fsp3) is 0.579. The van der Waals surface area contributed by atoms with Crippen molar-refractivity contribution in [2.75, 3.05) is 26.2 Å². The Morgan fingerprint density at radius 2 is 1.59 bits per heavy atom. The number of carboxylic acid groups (broad SMARTS) is 1. The highest BCUT2D eigenvalue weighted by Crippen LogP contribution is 2.29. The van der Waals surface area contributed by atoms with Crippen LogP contribution < -0.4 is 0 Å². The van der Waals surface area contributed by atoms with Gasteiger partial charge in [0.25, 0.3) is 0 Å². The van der Waals surface area contributed by atoms with Crippen LogP contribution in [0.2, 0.25) is 0 Å². The number of carbonyl (C=O) groups is 2. The minimum Gasteiger partial charge on any atom is -0.478 e. The third kappa shape index (κ3) is 4.68. The zero-order chi connectivity index (χ0) is 19.4. The van der Waals surface area contributed by atoms with Gasteiger partial charge in [-0.05, 0) is 36.6 Å². The number of hydrogen-bond acceptors (Lipinski definition) is 4. The van der Waals surface area contributed by atoms with Crippen LogP contribution in [0.4, 0.5) is 0 Å². The number of carbonyl (C=O) groups excluding carboxylic acids is 1. The molecule has 1 N–H and O–H groups in total. The SMILES string of the molecule is O=C(O)c1ccc(S(=O)(=O)N2CCN(C(=O)CCC3CCCC3)CC2)cc1. The topological polar surface area (TPSA) is 95.0 Å². The first-order valence-electron chi connectivity index (χ1n) is 9.49. The first-order valence-corrected chi connectivity index (χ1v) is 10.9. The lowest BCUT2D eigenvalue weighted by Gasteiger charge is -2.34. The molecule has 1 aliphatic carbocycles. The van der Waals surface area contributed by atoms with Crippen molar-refractivity contribution in [3.05, 3.63) is 29.8 Å². The first-order chi connectivity index (χ1) is 12.9. The maximum Gasteiger partial charge on any atom is 0.335 e. The lowest BCUT2D eigenvalue weighted by Crippen LogP contribution is -2.50. The number of carboxylic acids is 1. The van der Waals surface area contributed by atoms with E-state index in [-0.39, 0.29) is 29.5 Å². The van der Waals surface area contributed by atoms with Crippen LogP contribution in [0.1, 0.15) is 48.9 Å². The van der Waals surface area contributed by atoms with E-state index in [4.69, 9.17) is 5.11 Å². The molecule has 27 heavy (non-hydrogen) atoms. The summed E-state index contributed by atoms with van der Waals surface area (Å²) < 4.78 is 26.8. The number of benzene rings is 1. The van der Waals surface area contributed by atoms with Crippen LogP contribution in [0.15, 0.2) is 29.2 Å². The van der Waals surface area contributed by atoms with E-state index in [9.17, 15) is 18.0 Å². The molecule has 8 heteroatoms. The van der Waals surface area contributed by atoms with E-state index in [2.05, 4.69) is 0 Å². The van der Waals surface area contributed by atoms with E-state index in [0.29, 0.717) is 25.4 Å². The molecule has 2 aliphatic rings. The van der Waals surface area contributed by atoms with Gasteiger partial charge in [-0.2, -0.15) is 4.31 Å². The summed E-state index contributed by atoms with van der Waals surface area (Å²) in [5, 5.41) is 8.92. The lowest BCUT2D eigenvalue weighted by molar-refractivity contribution is -0.132. The van der Waals surface area contributed by atoms with E-state index in [1.165, 1.54) is 54.3 Å². The van der Waals surface area contributed by atoms with Crippen molar-refractivity contribution in [1.29, 1.82) is 0 Å². The zero-order valence-corrected chi connectivity index (χ0v) is 16.2. The third-order valence-electron chi connectivity index (χ3n) is 5.57. The second kappa shape index (κ2) is 8.39. The fourth-order valence-electron chi connectivity index (χ4n) is 3.88. The molecule has 1 saturated heterocycles. The number of nitrogens with zero attached hydrogens (tertiary/aromatic N) is 2. The summed E-state index contributed by atoms with van der Waals surface area (Å²) in [6, 6.07) is 5.21. The molecule has 1 aliphatic heterocycles. The second-order valence-electron chi connectivity index (χ2n) is 7.30. The molecule has 7 nitrogen and oxygen atoms in total. The summed E-state index contributed by atoms with van der Waals surface area (Å²) in [4.78, 5) is 25.1. The molecule has 2 fully saturated rings. The molecule has 1 aromatic rings. The quantitative estimate of drug-likeness (QED) is 0.798. The summed E-state index contributed by atoms with van der Waals surface area (Å²) >= 11 is 0. The normalized spacial score (nSPS) is 19.3. The van der Waals surface area contributed by atoms with E-state index in [1.807, 2.05) is 0 Å². The lowest BCUT2D eigenvalue weighted by atomic mass is 10.0. The molecule has 0 aromatic heterocycles. The van der Waals surface area contributed by atoms with E-state index >= 15 is 0 Å². The maximum absolute atomic E-state index is 12.7. The Hall–Kier alpha value is -1.93. The molecule has 1 heterocycles. The van der Waals surface area contributed by atoms with Crippen molar-refractivity contribution in [2.45, 2.75) is 43.4 Å². The van der Waals surface area contributed by atoms with Crippen molar-refractivity contribution in [2.24, 2.45) is 5.92 Å². The van der Waals surface area contributed by atoms with Crippen molar-refractivity contribution in [1.82, 2.24) is 9.21 Å². The third-order valence-corrected chi connectivity index (χ3v) is 7.48. The summed E-state index contributed by atoms with van der Waals surface area (Å²) in [6.07, 6.45) is 6.47. The molecule has 148 valence electrons. The van der Waals surface area contributed by atoms with Crippen LogP contribution in [-0.4, -0.2) is 60.8 Å². The highest BCUT2D eigenvalue weighted by atomic mass is 32.2. The van der Waals surface area contributed by atoms with Gasteiger partial charge in [-0.15, -0.1) is 0 Å². The average Bonchev–Trinajstić information content (AvgIpc) is 3.20. The molecule has 0 unspecified atom stereocenters. The Bertz CT molecular complexity index is 777. The second-order valence-corrected chi connectivity index (χ2v) is 9.24. The predicted octanol–water partition coefficient (Wildman–Crippen LogP) is 2.19. The number of aromatic carboxylic acids is 1. The standard InChI is InChI=1S/C19H26N2O5S/c22-18(10-5-15-3-1-2-4-15)20-11-13-21(14-12-20)27(25,26)17-8-6-16(7-9-17)19(23)24/h6-9,15H,1-5,10-14H2,(H,23,24). The number of amides is 1. The van der Waals surface area contributed by atoms with Crippen LogP contribution in [0, 0.1) is 5.92 Å². The Morgan fingerprint density at radius 1 is 1.00 bits per heavy atom. The van der Waals surface area contributed by atoms with Gasteiger partial charge in [-0.25, -0.2) is 13.2 Å². The van der Waals surface area contributed by atoms with Gasteiger partial charge in [0.15, 0.2) is 0 Å². The maximum atomic E-state index is 12.7. The Labute approximate surface area is 160 Å². The van der Waals surface area contributed by atoms with Gasteiger partial charge in [0.05, 0.1) is 10.5 Å². The molecular formula is C19H26N2O5S. The van der Waals surface area contributed by atoms with Crippen LogP contribution in [0.5, 0.6) is 0 Å². The smallest absolute Gasteiger partial charge is 0.335 e. The molecule has 3 rings (SSSR count). The van der Waals surface area contributed by atoms with Crippen LogP contribution >= 0.6 is 0 Å². The van der Waals surface area contributed by atoms with Gasteiger partial charge in [0.1, 0.15) is 0 Å². The molecule has 1 saturated carbocycles. The largest absolute Gasteiger partial charge is 0.478 e. The minimum atomic E-state index is -3.68. The molecular weight excluding hydrogens is 368 g/mol. The van der Waals surface area contributed by atoms with Crippen molar-refractivity contribution in [3.8, 4) is 0 Å². The van der Waals surface area contributed by atoms with Gasteiger partial charge < -0.3 is 10.0 Å². The minimum absolute atomic E-state index is 0.0478. The summed E-state index contributed by atoms with van der Waals surface area (Å²) in [5.41, 5.74) is 0.0478. The van der Waals surface area contributed by atoms with Crippen molar-refractivity contribution in [3.63, 3.8) is 0 Å². The Kier molecular flexibility index (Phi) is 6.16. The molecule has 0 radical (unpaired) electrons. The predicted molar refractivity (Wildman–Crippen MR) is 99.9 cm³/mol. The molecule has 1 aromatic carbocycles. The number of piperazine rings is 1. The summed E-state index contributed by atoms with van der Waals surface area (Å²) in [7, 11) is -3.68. The summed E-state index contributed by atoms with van der Waals surface area (Å²) in [5.74, 6) is -0.308. The monoisotopic (exact) mass is 394 g/mol. The average molecular weight is 394 g/mol. The summed E-state index contributed by atoms with van der Waals surface area (Å²) in [6.45, 7) is 1.32. The molecule has 0 atom stereocenters. The molecule has 0 spiro atoms. The highest BCUT2D eigenvalue weighted by molar-refractivity contribution is 7.89. The van der Waals surface area contributed by atoms with E-state index in [1.54, 1.807) is 4.90 Å². The van der Waals surface area contributed by atoms with Crippen molar-refractivity contribution >= 4 is 21.9 Å². The van der Waals surface area contributed by atoms with Crippen molar-refractivity contribution < 1.29 is 23.1 Å². The van der Waals surface area contributed by atoms with Gasteiger partial charge in [-0.1, -0.05) is 25.7 Å².